The second kappa shape index (κ2) is 4.01. The highest BCUT2D eigenvalue weighted by Gasteiger charge is 2.07. The van der Waals surface area contributed by atoms with E-state index in [1.807, 2.05) is 17.5 Å². The summed E-state index contributed by atoms with van der Waals surface area (Å²) in [5, 5.41) is 10.8. The summed E-state index contributed by atoms with van der Waals surface area (Å²) in [5.74, 6) is -0.00236. The van der Waals surface area contributed by atoms with Crippen molar-refractivity contribution in [1.29, 1.82) is 0 Å². The molecule has 2 aromatic rings. The van der Waals surface area contributed by atoms with Gasteiger partial charge in [0.2, 0.25) is 5.82 Å². The van der Waals surface area contributed by atoms with Gasteiger partial charge in [-0.1, -0.05) is 6.07 Å². The summed E-state index contributed by atoms with van der Waals surface area (Å²) in [6, 6.07) is 3.91. The van der Waals surface area contributed by atoms with Crippen molar-refractivity contribution in [2.45, 2.75) is 6.54 Å². The molecule has 0 fully saturated rings. The number of nitrogens with one attached hydrogen (secondary N) is 2. The maximum absolute atomic E-state index is 11.4. The first-order valence-electron chi connectivity index (χ1n) is 4.02. The van der Waals surface area contributed by atoms with E-state index < -0.39 is 0 Å². The van der Waals surface area contributed by atoms with Crippen molar-refractivity contribution < 1.29 is 4.79 Å². The fourth-order valence-electron chi connectivity index (χ4n) is 0.979. The van der Waals surface area contributed by atoms with Crippen molar-refractivity contribution in [3.05, 3.63) is 34.5 Å². The Morgan fingerprint density at radius 1 is 1.64 bits per heavy atom. The molecule has 1 amide bonds. The Labute approximate surface area is 84.2 Å². The van der Waals surface area contributed by atoms with Crippen LogP contribution in [0.15, 0.2) is 23.8 Å². The molecule has 0 atom stereocenters. The van der Waals surface area contributed by atoms with E-state index in [-0.39, 0.29) is 11.7 Å². The fraction of sp³-hybridized carbons (Fsp3) is 0.125. The zero-order chi connectivity index (χ0) is 9.80. The lowest BCUT2D eigenvalue weighted by atomic mass is 10.4. The van der Waals surface area contributed by atoms with Gasteiger partial charge in [0.25, 0.3) is 5.91 Å². The molecule has 0 saturated heterocycles. The lowest BCUT2D eigenvalue weighted by Crippen LogP contribution is -2.23. The second-order valence-corrected chi connectivity index (χ2v) is 3.63. The molecule has 2 aromatic heterocycles. The number of carbonyl (C=O) groups is 1. The third-order valence-corrected chi connectivity index (χ3v) is 2.51. The van der Waals surface area contributed by atoms with Crippen LogP contribution in [-0.2, 0) is 6.54 Å². The molecule has 72 valence electrons. The highest BCUT2D eigenvalue weighted by atomic mass is 32.1. The summed E-state index contributed by atoms with van der Waals surface area (Å²) in [7, 11) is 0. The van der Waals surface area contributed by atoms with Crippen LogP contribution in [0.1, 0.15) is 15.5 Å². The number of aromatic nitrogens is 3. The molecule has 14 heavy (non-hydrogen) atoms. The Kier molecular flexibility index (Phi) is 2.55. The molecule has 5 nitrogen and oxygen atoms in total. The van der Waals surface area contributed by atoms with Crippen LogP contribution in [-0.4, -0.2) is 21.1 Å². The Hall–Kier alpha value is -1.69. The molecular formula is C8H8N4OS. The van der Waals surface area contributed by atoms with Crippen LogP contribution in [0.5, 0.6) is 0 Å². The Morgan fingerprint density at radius 3 is 3.21 bits per heavy atom. The van der Waals surface area contributed by atoms with E-state index in [4.69, 9.17) is 0 Å². The van der Waals surface area contributed by atoms with Gasteiger partial charge in [0.05, 0.1) is 6.54 Å². The Morgan fingerprint density at radius 2 is 2.57 bits per heavy atom. The van der Waals surface area contributed by atoms with Crippen molar-refractivity contribution in [3.63, 3.8) is 0 Å². The van der Waals surface area contributed by atoms with Gasteiger partial charge in [-0.05, 0) is 11.4 Å². The van der Waals surface area contributed by atoms with Crippen molar-refractivity contribution in [2.24, 2.45) is 0 Å². The van der Waals surface area contributed by atoms with Crippen molar-refractivity contribution in [1.82, 2.24) is 20.5 Å². The van der Waals surface area contributed by atoms with E-state index in [0.29, 0.717) is 6.54 Å². The smallest absolute Gasteiger partial charge is 0.288 e. The number of rotatable bonds is 3. The Balaban J connectivity index is 1.90. The summed E-state index contributed by atoms with van der Waals surface area (Å²) in [6.07, 6.45) is 1.31. The van der Waals surface area contributed by atoms with Crippen LogP contribution in [0.25, 0.3) is 0 Å². The van der Waals surface area contributed by atoms with E-state index in [1.165, 1.54) is 6.33 Å². The van der Waals surface area contributed by atoms with Crippen LogP contribution in [0.4, 0.5) is 0 Å². The van der Waals surface area contributed by atoms with Crippen molar-refractivity contribution in [3.8, 4) is 0 Å². The first kappa shape index (κ1) is 8.89. The molecule has 0 spiro atoms. The van der Waals surface area contributed by atoms with Crippen molar-refractivity contribution >= 4 is 17.2 Å². The van der Waals surface area contributed by atoms with Gasteiger partial charge < -0.3 is 5.32 Å². The zero-order valence-corrected chi connectivity index (χ0v) is 8.04. The minimum Gasteiger partial charge on any atom is -0.344 e. The Bertz CT molecular complexity index is 395. The number of hydrogen-bond acceptors (Lipinski definition) is 4. The third kappa shape index (κ3) is 1.97. The predicted molar refractivity (Wildman–Crippen MR) is 51.9 cm³/mol. The van der Waals surface area contributed by atoms with E-state index in [9.17, 15) is 4.79 Å². The predicted octanol–water partition coefficient (Wildman–Crippen LogP) is 0.796. The van der Waals surface area contributed by atoms with Gasteiger partial charge in [-0.25, -0.2) is 4.98 Å². The van der Waals surface area contributed by atoms with Crippen LogP contribution < -0.4 is 5.32 Å². The molecule has 0 radical (unpaired) electrons. The molecule has 0 aliphatic heterocycles. The zero-order valence-electron chi connectivity index (χ0n) is 7.23. The van der Waals surface area contributed by atoms with E-state index in [1.54, 1.807) is 11.3 Å². The standard InChI is InChI=1S/C8H8N4OS/c13-8(7-10-5-11-12-7)9-4-6-2-1-3-14-6/h1-3,5H,4H2,(H,9,13)(H,10,11,12). The maximum Gasteiger partial charge on any atom is 0.288 e. The van der Waals surface area contributed by atoms with Gasteiger partial charge in [-0.3, -0.25) is 9.89 Å². The number of carbonyl (C=O) groups excluding carboxylic acids is 1. The molecule has 2 rings (SSSR count). The van der Waals surface area contributed by atoms with Crippen LogP contribution >= 0.6 is 11.3 Å². The average molecular weight is 208 g/mol. The molecule has 0 aliphatic carbocycles. The van der Waals surface area contributed by atoms with Crippen LogP contribution in [0.2, 0.25) is 0 Å². The highest BCUT2D eigenvalue weighted by molar-refractivity contribution is 7.09. The largest absolute Gasteiger partial charge is 0.344 e. The average Bonchev–Trinajstić information content (AvgIpc) is 2.87. The van der Waals surface area contributed by atoms with E-state index >= 15 is 0 Å². The molecule has 0 aromatic carbocycles. The van der Waals surface area contributed by atoms with Crippen LogP contribution in [0, 0.1) is 0 Å². The molecule has 0 saturated carbocycles. The van der Waals surface area contributed by atoms with Crippen LogP contribution in [0.3, 0.4) is 0 Å². The summed E-state index contributed by atoms with van der Waals surface area (Å²) < 4.78 is 0. The fourth-order valence-corrected chi connectivity index (χ4v) is 1.62. The van der Waals surface area contributed by atoms with Crippen molar-refractivity contribution in [2.75, 3.05) is 0 Å². The topological polar surface area (TPSA) is 70.7 Å². The number of amides is 1. The lowest BCUT2D eigenvalue weighted by molar-refractivity contribution is 0.0941. The summed E-state index contributed by atoms with van der Waals surface area (Å²) in [6.45, 7) is 0.525. The highest BCUT2D eigenvalue weighted by Crippen LogP contribution is 2.07. The van der Waals surface area contributed by atoms with Gasteiger partial charge in [-0.2, -0.15) is 5.10 Å². The molecule has 2 heterocycles. The van der Waals surface area contributed by atoms with Gasteiger partial charge in [0.1, 0.15) is 6.33 Å². The molecule has 0 bridgehead atoms. The van der Waals surface area contributed by atoms with E-state index in [2.05, 4.69) is 20.5 Å². The summed E-state index contributed by atoms with van der Waals surface area (Å²) in [4.78, 5) is 16.2. The first-order valence-corrected chi connectivity index (χ1v) is 4.90. The molecule has 2 N–H and O–H groups in total. The number of H-pyrrole nitrogens is 1. The number of aromatic amines is 1. The molecule has 0 aliphatic rings. The number of hydrogen-bond donors (Lipinski definition) is 2. The minimum atomic E-state index is -0.240. The molecule has 6 heteroatoms. The maximum atomic E-state index is 11.4. The van der Waals surface area contributed by atoms with E-state index in [0.717, 1.165) is 4.88 Å². The lowest BCUT2D eigenvalue weighted by Gasteiger charge is -1.99. The molecular weight excluding hydrogens is 200 g/mol. The number of nitrogens with zero attached hydrogens (tertiary/aromatic N) is 2. The van der Waals surface area contributed by atoms with Gasteiger partial charge in [0, 0.05) is 4.88 Å². The third-order valence-electron chi connectivity index (χ3n) is 1.63. The summed E-state index contributed by atoms with van der Waals surface area (Å²) >= 11 is 1.60. The SMILES string of the molecule is O=C(NCc1cccs1)c1ncn[nH]1. The minimum absolute atomic E-state index is 0.238. The summed E-state index contributed by atoms with van der Waals surface area (Å²) in [5.41, 5.74) is 0. The molecule has 0 unspecified atom stereocenters. The van der Waals surface area contributed by atoms with Gasteiger partial charge >= 0.3 is 0 Å². The number of thiophene rings is 1. The normalized spacial score (nSPS) is 10.0. The quantitative estimate of drug-likeness (QED) is 0.783. The van der Waals surface area contributed by atoms with Gasteiger partial charge in [0.15, 0.2) is 0 Å². The first-order chi connectivity index (χ1) is 6.86. The second-order valence-electron chi connectivity index (χ2n) is 2.60. The monoisotopic (exact) mass is 208 g/mol. The van der Waals surface area contributed by atoms with Gasteiger partial charge in [-0.15, -0.1) is 11.3 Å².